The zero-order valence-electron chi connectivity index (χ0n) is 8.97. The van der Waals surface area contributed by atoms with Crippen LogP contribution >= 0.6 is 0 Å². The number of hydrogen-bond acceptors (Lipinski definition) is 1. The molecule has 0 saturated heterocycles. The zero-order valence-corrected chi connectivity index (χ0v) is 8.97. The highest BCUT2D eigenvalue weighted by Crippen LogP contribution is 2.33. The normalized spacial score (nSPS) is 28.4. The first kappa shape index (κ1) is 11.4. The molecule has 0 heterocycles. The van der Waals surface area contributed by atoms with Crippen molar-refractivity contribution in [1.82, 2.24) is 0 Å². The molecular formula is C11H16F2O. The molecule has 0 aromatic heterocycles. The zero-order chi connectivity index (χ0) is 10.9. The van der Waals surface area contributed by atoms with Gasteiger partial charge in [-0.3, -0.25) is 0 Å². The van der Waals surface area contributed by atoms with Gasteiger partial charge < -0.3 is 4.74 Å². The minimum atomic E-state index is -0.772. The van der Waals surface area contributed by atoms with E-state index < -0.39 is 17.8 Å². The van der Waals surface area contributed by atoms with Crippen LogP contribution in [-0.2, 0) is 4.74 Å². The Morgan fingerprint density at radius 2 is 1.93 bits per heavy atom. The third-order valence-electron chi connectivity index (χ3n) is 2.21. The fourth-order valence-corrected chi connectivity index (χ4v) is 1.58. The SMILES string of the molecule is CC1=CC(C)C(OC(C)C)C(F)=C1F. The van der Waals surface area contributed by atoms with Gasteiger partial charge in [-0.1, -0.05) is 13.0 Å². The van der Waals surface area contributed by atoms with Gasteiger partial charge in [-0.05, 0) is 26.3 Å². The lowest BCUT2D eigenvalue weighted by Crippen LogP contribution is -2.28. The summed E-state index contributed by atoms with van der Waals surface area (Å²) in [5.41, 5.74) is 0.360. The maximum absolute atomic E-state index is 13.4. The second-order valence-corrected chi connectivity index (χ2v) is 3.98. The van der Waals surface area contributed by atoms with Crippen molar-refractivity contribution in [3.63, 3.8) is 0 Å². The Bertz CT molecular complexity index is 279. The summed E-state index contributed by atoms with van der Waals surface area (Å²) < 4.78 is 32.0. The molecule has 2 atom stereocenters. The maximum Gasteiger partial charge on any atom is 0.165 e. The van der Waals surface area contributed by atoms with Crippen molar-refractivity contribution in [3.05, 3.63) is 23.3 Å². The first-order chi connectivity index (χ1) is 6.43. The van der Waals surface area contributed by atoms with Gasteiger partial charge in [-0.25, -0.2) is 8.78 Å². The van der Waals surface area contributed by atoms with E-state index in [9.17, 15) is 8.78 Å². The summed E-state index contributed by atoms with van der Waals surface area (Å²) in [7, 11) is 0. The number of ether oxygens (including phenoxy) is 1. The molecule has 14 heavy (non-hydrogen) atoms. The third kappa shape index (κ3) is 2.21. The van der Waals surface area contributed by atoms with Crippen molar-refractivity contribution in [2.75, 3.05) is 0 Å². The summed E-state index contributed by atoms with van der Waals surface area (Å²) in [5.74, 6) is -1.66. The summed E-state index contributed by atoms with van der Waals surface area (Å²) in [6.07, 6.45) is 0.831. The summed E-state index contributed by atoms with van der Waals surface area (Å²) in [4.78, 5) is 0. The van der Waals surface area contributed by atoms with Gasteiger partial charge in [0.25, 0.3) is 0 Å². The average molecular weight is 202 g/mol. The predicted molar refractivity (Wildman–Crippen MR) is 52.2 cm³/mol. The second-order valence-electron chi connectivity index (χ2n) is 3.98. The first-order valence-corrected chi connectivity index (χ1v) is 4.83. The van der Waals surface area contributed by atoms with Gasteiger partial charge in [0.15, 0.2) is 11.7 Å². The van der Waals surface area contributed by atoms with E-state index >= 15 is 0 Å². The summed E-state index contributed by atoms with van der Waals surface area (Å²) in [6.45, 7) is 7.01. The second kappa shape index (κ2) is 4.22. The molecule has 3 heteroatoms. The van der Waals surface area contributed by atoms with E-state index in [4.69, 9.17) is 4.74 Å². The Morgan fingerprint density at radius 3 is 2.43 bits per heavy atom. The highest BCUT2D eigenvalue weighted by Gasteiger charge is 2.30. The number of hydrogen-bond donors (Lipinski definition) is 0. The molecule has 80 valence electrons. The Hall–Kier alpha value is -0.700. The molecule has 0 fully saturated rings. The summed E-state index contributed by atoms with van der Waals surface area (Å²) >= 11 is 0. The van der Waals surface area contributed by atoms with Crippen LogP contribution in [0, 0.1) is 5.92 Å². The van der Waals surface area contributed by atoms with Crippen LogP contribution in [0.2, 0.25) is 0 Å². The van der Waals surface area contributed by atoms with Crippen molar-refractivity contribution in [3.8, 4) is 0 Å². The molecule has 1 aliphatic rings. The minimum Gasteiger partial charge on any atom is -0.368 e. The van der Waals surface area contributed by atoms with E-state index in [2.05, 4.69) is 0 Å². The van der Waals surface area contributed by atoms with Gasteiger partial charge >= 0.3 is 0 Å². The van der Waals surface area contributed by atoms with Gasteiger partial charge in [-0.15, -0.1) is 0 Å². The van der Waals surface area contributed by atoms with Crippen LogP contribution in [0.1, 0.15) is 27.7 Å². The molecule has 1 rings (SSSR count). The number of halogens is 2. The third-order valence-corrected chi connectivity index (χ3v) is 2.21. The Kier molecular flexibility index (Phi) is 3.43. The minimum absolute atomic E-state index is 0.104. The molecule has 0 N–H and O–H groups in total. The largest absolute Gasteiger partial charge is 0.368 e. The standard InChI is InChI=1S/C11H16F2O/c1-6(2)14-11-8(4)5-7(3)9(12)10(11)13/h5-6,8,11H,1-4H3. The number of allylic oxidation sites excluding steroid dienone is 2. The Morgan fingerprint density at radius 1 is 1.36 bits per heavy atom. The van der Waals surface area contributed by atoms with Crippen molar-refractivity contribution in [2.45, 2.75) is 39.9 Å². The maximum atomic E-state index is 13.4. The van der Waals surface area contributed by atoms with Gasteiger partial charge in [0.05, 0.1) is 6.10 Å². The topological polar surface area (TPSA) is 9.23 Å². The first-order valence-electron chi connectivity index (χ1n) is 4.83. The molecule has 2 unspecified atom stereocenters. The fourth-order valence-electron chi connectivity index (χ4n) is 1.58. The van der Waals surface area contributed by atoms with E-state index in [1.165, 1.54) is 0 Å². The van der Waals surface area contributed by atoms with E-state index in [0.717, 1.165) is 0 Å². The highest BCUT2D eigenvalue weighted by molar-refractivity contribution is 5.33. The molecule has 0 aromatic rings. The van der Waals surface area contributed by atoms with E-state index in [0.29, 0.717) is 5.57 Å². The molecule has 0 bridgehead atoms. The molecule has 0 aromatic carbocycles. The molecule has 0 saturated carbocycles. The van der Waals surface area contributed by atoms with E-state index in [-0.39, 0.29) is 12.0 Å². The fraction of sp³-hybridized carbons (Fsp3) is 0.636. The monoisotopic (exact) mass is 202 g/mol. The van der Waals surface area contributed by atoms with Crippen molar-refractivity contribution in [1.29, 1.82) is 0 Å². The van der Waals surface area contributed by atoms with Crippen LogP contribution in [0.15, 0.2) is 23.3 Å². The van der Waals surface area contributed by atoms with Crippen LogP contribution in [0.25, 0.3) is 0 Å². The van der Waals surface area contributed by atoms with Crippen molar-refractivity contribution < 1.29 is 13.5 Å². The molecule has 1 aliphatic carbocycles. The molecule has 0 spiro atoms. The van der Waals surface area contributed by atoms with E-state index in [1.54, 1.807) is 13.0 Å². The lowest BCUT2D eigenvalue weighted by Gasteiger charge is -2.27. The lowest BCUT2D eigenvalue weighted by molar-refractivity contribution is -0.00527. The van der Waals surface area contributed by atoms with Crippen LogP contribution in [-0.4, -0.2) is 12.2 Å². The van der Waals surface area contributed by atoms with Crippen LogP contribution < -0.4 is 0 Å². The molecule has 0 radical (unpaired) electrons. The molecule has 0 amide bonds. The van der Waals surface area contributed by atoms with Crippen molar-refractivity contribution >= 4 is 0 Å². The van der Waals surface area contributed by atoms with Gasteiger partial charge in [0.1, 0.15) is 6.10 Å². The Labute approximate surface area is 83.4 Å². The molecular weight excluding hydrogens is 186 g/mol. The van der Waals surface area contributed by atoms with Gasteiger partial charge in [0.2, 0.25) is 0 Å². The highest BCUT2D eigenvalue weighted by atomic mass is 19.2. The summed E-state index contributed by atoms with van der Waals surface area (Å²) in [6, 6.07) is 0. The van der Waals surface area contributed by atoms with Crippen LogP contribution in [0.4, 0.5) is 8.78 Å². The van der Waals surface area contributed by atoms with Gasteiger partial charge in [-0.2, -0.15) is 0 Å². The predicted octanol–water partition coefficient (Wildman–Crippen LogP) is 3.53. The quantitative estimate of drug-likeness (QED) is 0.665. The smallest absolute Gasteiger partial charge is 0.165 e. The van der Waals surface area contributed by atoms with Crippen molar-refractivity contribution in [2.24, 2.45) is 5.92 Å². The Balaban J connectivity index is 2.89. The van der Waals surface area contributed by atoms with Crippen LogP contribution in [0.5, 0.6) is 0 Å². The van der Waals surface area contributed by atoms with E-state index in [1.807, 2.05) is 20.8 Å². The molecule has 1 nitrogen and oxygen atoms in total. The lowest BCUT2D eigenvalue weighted by atomic mass is 9.94. The average Bonchev–Trinajstić information content (AvgIpc) is 2.09. The molecule has 0 aliphatic heterocycles. The number of rotatable bonds is 2. The van der Waals surface area contributed by atoms with Crippen LogP contribution in [0.3, 0.4) is 0 Å². The van der Waals surface area contributed by atoms with Gasteiger partial charge in [0, 0.05) is 5.92 Å². The summed E-state index contributed by atoms with van der Waals surface area (Å²) in [5, 5.41) is 0.